The molecule has 0 aromatic rings. The summed E-state index contributed by atoms with van der Waals surface area (Å²) in [5, 5.41) is 10.3. The molecule has 6 atom stereocenters. The number of carbonyl (C=O) groups is 1. The van der Waals surface area contributed by atoms with Crippen molar-refractivity contribution < 1.29 is 9.90 Å². The van der Waals surface area contributed by atoms with Gasteiger partial charge in [0.15, 0.2) is 0 Å². The van der Waals surface area contributed by atoms with Crippen molar-refractivity contribution in [3.8, 4) is 0 Å². The number of aliphatic carboxylic acids is 1. The topological polar surface area (TPSA) is 37.3 Å². The summed E-state index contributed by atoms with van der Waals surface area (Å²) in [4.78, 5) is 12.4. The van der Waals surface area contributed by atoms with Gasteiger partial charge < -0.3 is 5.11 Å². The molecule has 0 bridgehead atoms. The lowest BCUT2D eigenvalue weighted by Crippen LogP contribution is -2.48. The van der Waals surface area contributed by atoms with E-state index in [1.54, 1.807) is 0 Å². The summed E-state index contributed by atoms with van der Waals surface area (Å²) >= 11 is 0. The lowest BCUT2D eigenvalue weighted by Gasteiger charge is -2.53. The number of hydrogen-bond donors (Lipinski definition) is 1. The van der Waals surface area contributed by atoms with E-state index in [9.17, 15) is 9.90 Å². The molecule has 3 fully saturated rings. The number of fused-ring (bicyclic) bond motifs is 1. The Morgan fingerprint density at radius 1 is 0.742 bits per heavy atom. The first kappa shape index (κ1) is 25.1. The van der Waals surface area contributed by atoms with Crippen molar-refractivity contribution in [1.82, 2.24) is 0 Å². The molecule has 1 N–H and O–H groups in total. The molecule has 2 heteroatoms. The SMILES string of the molecule is CCCCCCCC1CCC2C(C1)C(CCCCC)CC(C(=O)O)C2C1CCCCC1. The number of hydrogen-bond acceptors (Lipinski definition) is 1. The van der Waals surface area contributed by atoms with Crippen LogP contribution in [0.4, 0.5) is 0 Å². The number of rotatable bonds is 12. The van der Waals surface area contributed by atoms with E-state index in [1.807, 2.05) is 0 Å². The van der Waals surface area contributed by atoms with Crippen molar-refractivity contribution in [3.63, 3.8) is 0 Å². The molecular formula is C29H52O2. The average molecular weight is 433 g/mol. The summed E-state index contributed by atoms with van der Waals surface area (Å²) < 4.78 is 0. The minimum atomic E-state index is -0.465. The molecule has 6 unspecified atom stereocenters. The molecule has 0 heterocycles. The highest BCUT2D eigenvalue weighted by atomic mass is 16.4. The zero-order chi connectivity index (χ0) is 22.1. The molecule has 0 aromatic carbocycles. The first-order valence-corrected chi connectivity index (χ1v) is 14.4. The Labute approximate surface area is 193 Å². The third kappa shape index (κ3) is 6.97. The van der Waals surface area contributed by atoms with E-state index in [0.29, 0.717) is 23.7 Å². The number of unbranched alkanes of at least 4 members (excludes halogenated alkanes) is 6. The van der Waals surface area contributed by atoms with Crippen molar-refractivity contribution in [2.24, 2.45) is 41.4 Å². The van der Waals surface area contributed by atoms with Crippen molar-refractivity contribution in [2.75, 3.05) is 0 Å². The molecule has 0 aliphatic heterocycles. The first-order valence-electron chi connectivity index (χ1n) is 14.4. The van der Waals surface area contributed by atoms with Gasteiger partial charge in [-0.25, -0.2) is 0 Å². The van der Waals surface area contributed by atoms with Crippen LogP contribution in [0.5, 0.6) is 0 Å². The highest BCUT2D eigenvalue weighted by Gasteiger charge is 2.51. The van der Waals surface area contributed by atoms with Crippen LogP contribution in [0.1, 0.15) is 136 Å². The van der Waals surface area contributed by atoms with Crippen molar-refractivity contribution in [1.29, 1.82) is 0 Å². The van der Waals surface area contributed by atoms with Gasteiger partial charge in [-0.1, -0.05) is 117 Å². The lowest BCUT2D eigenvalue weighted by molar-refractivity contribution is -0.153. The maximum Gasteiger partial charge on any atom is 0.306 e. The Morgan fingerprint density at radius 3 is 2.13 bits per heavy atom. The van der Waals surface area contributed by atoms with Crippen LogP contribution in [-0.4, -0.2) is 11.1 Å². The Morgan fingerprint density at radius 2 is 1.42 bits per heavy atom. The molecule has 180 valence electrons. The van der Waals surface area contributed by atoms with Crippen LogP contribution in [-0.2, 0) is 4.79 Å². The first-order chi connectivity index (χ1) is 15.2. The molecule has 3 aliphatic rings. The molecule has 2 nitrogen and oxygen atoms in total. The summed E-state index contributed by atoms with van der Waals surface area (Å²) in [6.45, 7) is 4.59. The average Bonchev–Trinajstić information content (AvgIpc) is 2.79. The van der Waals surface area contributed by atoms with Gasteiger partial charge in [-0.3, -0.25) is 4.79 Å². The second-order valence-electron chi connectivity index (χ2n) is 11.6. The summed E-state index contributed by atoms with van der Waals surface area (Å²) in [7, 11) is 0. The fraction of sp³-hybridized carbons (Fsp3) is 0.966. The van der Waals surface area contributed by atoms with Crippen LogP contribution in [0.2, 0.25) is 0 Å². The summed E-state index contributed by atoms with van der Waals surface area (Å²) in [6.07, 6.45) is 25.4. The molecular weight excluding hydrogens is 380 g/mol. The van der Waals surface area contributed by atoms with E-state index in [0.717, 1.165) is 18.3 Å². The lowest BCUT2D eigenvalue weighted by atomic mass is 9.51. The fourth-order valence-corrected chi connectivity index (χ4v) is 8.05. The van der Waals surface area contributed by atoms with Crippen molar-refractivity contribution in [2.45, 2.75) is 136 Å². The summed E-state index contributed by atoms with van der Waals surface area (Å²) in [6, 6.07) is 0. The Hall–Kier alpha value is -0.530. The monoisotopic (exact) mass is 432 g/mol. The molecule has 3 rings (SSSR count). The molecule has 0 saturated heterocycles. The predicted octanol–water partition coefficient (Wildman–Crippen LogP) is 8.88. The maximum atomic E-state index is 12.4. The molecule has 31 heavy (non-hydrogen) atoms. The van der Waals surface area contributed by atoms with Crippen LogP contribution in [0.3, 0.4) is 0 Å². The summed E-state index contributed by atoms with van der Waals surface area (Å²) in [5.41, 5.74) is 0. The standard InChI is InChI=1S/C29H52O2/c1-3-5-7-8-11-14-22-18-19-25-26(20-22)24(17-10-6-4-2)21-27(29(30)31)28(25)23-15-12-9-13-16-23/h22-28H,3-21H2,1-2H3,(H,30,31). The largest absolute Gasteiger partial charge is 0.481 e. The van der Waals surface area contributed by atoms with Crippen LogP contribution < -0.4 is 0 Å². The van der Waals surface area contributed by atoms with Gasteiger partial charge in [-0.05, 0) is 54.8 Å². The second-order valence-corrected chi connectivity index (χ2v) is 11.6. The van der Waals surface area contributed by atoms with E-state index in [-0.39, 0.29) is 5.92 Å². The van der Waals surface area contributed by atoms with E-state index < -0.39 is 5.97 Å². The fourth-order valence-electron chi connectivity index (χ4n) is 8.05. The van der Waals surface area contributed by atoms with Crippen LogP contribution in [0, 0.1) is 41.4 Å². The van der Waals surface area contributed by atoms with Gasteiger partial charge in [0, 0.05) is 0 Å². The zero-order valence-corrected chi connectivity index (χ0v) is 20.8. The number of carboxylic acid groups (broad SMARTS) is 1. The third-order valence-electron chi connectivity index (χ3n) is 9.59. The van der Waals surface area contributed by atoms with E-state index in [4.69, 9.17) is 0 Å². The normalized spacial score (nSPS) is 34.4. The van der Waals surface area contributed by atoms with Crippen LogP contribution in [0.25, 0.3) is 0 Å². The minimum absolute atomic E-state index is 0.0541. The molecule has 0 amide bonds. The Bertz CT molecular complexity index is 509. The summed E-state index contributed by atoms with van der Waals surface area (Å²) in [5.74, 6) is 3.80. The highest BCUT2D eigenvalue weighted by Crippen LogP contribution is 2.56. The predicted molar refractivity (Wildman–Crippen MR) is 131 cm³/mol. The third-order valence-corrected chi connectivity index (χ3v) is 9.59. The zero-order valence-electron chi connectivity index (χ0n) is 20.8. The van der Waals surface area contributed by atoms with E-state index in [2.05, 4.69) is 13.8 Å². The molecule has 3 aliphatic carbocycles. The van der Waals surface area contributed by atoms with Crippen LogP contribution in [0.15, 0.2) is 0 Å². The molecule has 0 radical (unpaired) electrons. The van der Waals surface area contributed by atoms with Gasteiger partial charge in [0.1, 0.15) is 0 Å². The molecule has 0 aromatic heterocycles. The second kappa shape index (κ2) is 13.2. The molecule has 3 saturated carbocycles. The highest BCUT2D eigenvalue weighted by molar-refractivity contribution is 5.70. The van der Waals surface area contributed by atoms with Crippen molar-refractivity contribution >= 4 is 5.97 Å². The minimum Gasteiger partial charge on any atom is -0.481 e. The van der Waals surface area contributed by atoms with E-state index in [1.165, 1.54) is 116 Å². The Kier molecular flexibility index (Phi) is 10.7. The maximum absolute atomic E-state index is 12.4. The van der Waals surface area contributed by atoms with Crippen LogP contribution >= 0.6 is 0 Å². The van der Waals surface area contributed by atoms with Gasteiger partial charge in [0.05, 0.1) is 5.92 Å². The van der Waals surface area contributed by atoms with E-state index >= 15 is 0 Å². The van der Waals surface area contributed by atoms with Gasteiger partial charge in [-0.15, -0.1) is 0 Å². The Balaban J connectivity index is 1.68. The molecule has 0 spiro atoms. The van der Waals surface area contributed by atoms with Gasteiger partial charge in [0.2, 0.25) is 0 Å². The van der Waals surface area contributed by atoms with Crippen molar-refractivity contribution in [3.05, 3.63) is 0 Å². The smallest absolute Gasteiger partial charge is 0.306 e. The quantitative estimate of drug-likeness (QED) is 0.313. The van der Waals surface area contributed by atoms with Gasteiger partial charge >= 0.3 is 5.97 Å². The van der Waals surface area contributed by atoms with Gasteiger partial charge in [0.25, 0.3) is 0 Å². The van der Waals surface area contributed by atoms with Gasteiger partial charge in [-0.2, -0.15) is 0 Å². The number of carboxylic acids is 1.